The standard InChI is InChI=1S/C21H44O3/c1-3-4-5-6-7-8-9-10-11-12-13-14-15-16-19-24-20-21(23-2)17-18-22/h21-22H,3-20H2,1-2H3/t21-/m0/s1. The first-order valence-corrected chi connectivity index (χ1v) is 10.6. The minimum Gasteiger partial charge on any atom is -0.396 e. The van der Waals surface area contributed by atoms with Crippen LogP contribution in [0.1, 0.15) is 103 Å². The Morgan fingerprint density at radius 3 is 1.58 bits per heavy atom. The summed E-state index contributed by atoms with van der Waals surface area (Å²) in [5.74, 6) is 0. The largest absolute Gasteiger partial charge is 0.396 e. The minimum atomic E-state index is 0.0432. The Morgan fingerprint density at radius 2 is 1.17 bits per heavy atom. The molecule has 0 aliphatic heterocycles. The van der Waals surface area contributed by atoms with Gasteiger partial charge in [-0.05, 0) is 12.8 Å². The molecule has 1 atom stereocenters. The number of ether oxygens (including phenoxy) is 2. The van der Waals surface area contributed by atoms with Crippen molar-refractivity contribution in [2.45, 2.75) is 109 Å². The third-order valence-electron chi connectivity index (χ3n) is 4.73. The van der Waals surface area contributed by atoms with Crippen LogP contribution in [0.25, 0.3) is 0 Å². The van der Waals surface area contributed by atoms with Gasteiger partial charge in [-0.15, -0.1) is 0 Å². The van der Waals surface area contributed by atoms with Gasteiger partial charge >= 0.3 is 0 Å². The summed E-state index contributed by atoms with van der Waals surface area (Å²) in [6.07, 6.45) is 20.1. The zero-order valence-corrected chi connectivity index (χ0v) is 16.6. The van der Waals surface area contributed by atoms with E-state index in [0.717, 1.165) is 13.0 Å². The first kappa shape index (κ1) is 23.9. The predicted molar refractivity (Wildman–Crippen MR) is 104 cm³/mol. The molecular weight excluding hydrogens is 300 g/mol. The van der Waals surface area contributed by atoms with Crippen LogP contribution in [0, 0.1) is 0 Å². The van der Waals surface area contributed by atoms with Gasteiger partial charge in [0.1, 0.15) is 0 Å². The number of aliphatic hydroxyl groups excluding tert-OH is 1. The highest BCUT2D eigenvalue weighted by Crippen LogP contribution is 2.13. The molecule has 0 unspecified atom stereocenters. The normalized spacial score (nSPS) is 12.6. The second-order valence-electron chi connectivity index (χ2n) is 7.04. The molecule has 0 aliphatic rings. The number of rotatable bonds is 20. The van der Waals surface area contributed by atoms with Gasteiger partial charge in [-0.3, -0.25) is 0 Å². The van der Waals surface area contributed by atoms with Crippen LogP contribution in [0.2, 0.25) is 0 Å². The molecule has 3 heteroatoms. The lowest BCUT2D eigenvalue weighted by atomic mass is 10.0. The first-order valence-electron chi connectivity index (χ1n) is 10.6. The summed E-state index contributed by atoms with van der Waals surface area (Å²) < 4.78 is 10.8. The van der Waals surface area contributed by atoms with Crippen LogP contribution < -0.4 is 0 Å². The Bertz CT molecular complexity index is 221. The molecule has 0 amide bonds. The van der Waals surface area contributed by atoms with Crippen molar-refractivity contribution in [2.75, 3.05) is 26.9 Å². The van der Waals surface area contributed by atoms with Crippen molar-refractivity contribution in [3.05, 3.63) is 0 Å². The lowest BCUT2D eigenvalue weighted by Gasteiger charge is -2.14. The van der Waals surface area contributed by atoms with Gasteiger partial charge in [0.2, 0.25) is 0 Å². The fourth-order valence-electron chi connectivity index (χ4n) is 3.03. The van der Waals surface area contributed by atoms with Gasteiger partial charge in [0, 0.05) is 20.3 Å². The molecule has 1 N–H and O–H groups in total. The van der Waals surface area contributed by atoms with Crippen LogP contribution >= 0.6 is 0 Å². The van der Waals surface area contributed by atoms with Crippen molar-refractivity contribution in [2.24, 2.45) is 0 Å². The number of aliphatic hydroxyl groups is 1. The molecule has 0 aromatic carbocycles. The smallest absolute Gasteiger partial charge is 0.0826 e. The van der Waals surface area contributed by atoms with E-state index in [1.54, 1.807) is 7.11 Å². The zero-order chi connectivity index (χ0) is 17.7. The van der Waals surface area contributed by atoms with E-state index < -0.39 is 0 Å². The summed E-state index contributed by atoms with van der Waals surface area (Å²) in [5.41, 5.74) is 0. The second-order valence-corrected chi connectivity index (χ2v) is 7.04. The summed E-state index contributed by atoms with van der Waals surface area (Å²) in [4.78, 5) is 0. The SMILES string of the molecule is CCCCCCCCCCCCCCCCOC[C@H](CCO)OC. The lowest BCUT2D eigenvalue weighted by molar-refractivity contribution is -0.00406. The predicted octanol–water partition coefficient (Wildman–Crippen LogP) is 5.88. The Balaban J connectivity index is 3.07. The van der Waals surface area contributed by atoms with Crippen LogP contribution in [0.15, 0.2) is 0 Å². The van der Waals surface area contributed by atoms with E-state index in [0.29, 0.717) is 13.0 Å². The summed E-state index contributed by atoms with van der Waals surface area (Å²) in [6, 6.07) is 0. The van der Waals surface area contributed by atoms with E-state index in [1.165, 1.54) is 83.5 Å². The quantitative estimate of drug-likeness (QED) is 0.280. The molecule has 0 aromatic heterocycles. The number of hydrogen-bond acceptors (Lipinski definition) is 3. The third-order valence-corrected chi connectivity index (χ3v) is 4.73. The maximum absolute atomic E-state index is 8.87. The summed E-state index contributed by atoms with van der Waals surface area (Å²) in [6.45, 7) is 3.88. The molecule has 24 heavy (non-hydrogen) atoms. The van der Waals surface area contributed by atoms with E-state index in [-0.39, 0.29) is 12.7 Å². The first-order chi connectivity index (χ1) is 11.8. The topological polar surface area (TPSA) is 38.7 Å². The zero-order valence-electron chi connectivity index (χ0n) is 16.6. The van der Waals surface area contributed by atoms with Crippen LogP contribution in [0.5, 0.6) is 0 Å². The minimum absolute atomic E-state index is 0.0432. The molecule has 0 spiro atoms. The molecule has 146 valence electrons. The maximum Gasteiger partial charge on any atom is 0.0826 e. The van der Waals surface area contributed by atoms with Crippen molar-refractivity contribution in [1.82, 2.24) is 0 Å². The van der Waals surface area contributed by atoms with Gasteiger partial charge in [-0.1, -0.05) is 90.4 Å². The molecule has 0 fully saturated rings. The lowest BCUT2D eigenvalue weighted by Crippen LogP contribution is -2.20. The third kappa shape index (κ3) is 18.2. The number of methoxy groups -OCH3 is 1. The van der Waals surface area contributed by atoms with Gasteiger partial charge in [0.05, 0.1) is 12.7 Å². The Labute approximate surface area is 151 Å². The van der Waals surface area contributed by atoms with Crippen LogP contribution in [0.4, 0.5) is 0 Å². The molecule has 0 aromatic rings. The monoisotopic (exact) mass is 344 g/mol. The van der Waals surface area contributed by atoms with Gasteiger partial charge in [-0.2, -0.15) is 0 Å². The molecule has 0 aliphatic carbocycles. The fourth-order valence-corrected chi connectivity index (χ4v) is 3.03. The summed E-state index contributed by atoms with van der Waals surface area (Å²) in [7, 11) is 1.68. The van der Waals surface area contributed by atoms with Crippen molar-refractivity contribution in [1.29, 1.82) is 0 Å². The molecular formula is C21H44O3. The fraction of sp³-hybridized carbons (Fsp3) is 1.00. The highest BCUT2D eigenvalue weighted by Gasteiger charge is 2.05. The molecule has 0 radical (unpaired) electrons. The molecule has 0 saturated heterocycles. The molecule has 0 heterocycles. The Hall–Kier alpha value is -0.120. The van der Waals surface area contributed by atoms with E-state index in [2.05, 4.69) is 6.92 Å². The van der Waals surface area contributed by atoms with E-state index in [9.17, 15) is 0 Å². The maximum atomic E-state index is 8.87. The van der Waals surface area contributed by atoms with Gasteiger partial charge in [0.25, 0.3) is 0 Å². The van der Waals surface area contributed by atoms with Crippen molar-refractivity contribution in [3.63, 3.8) is 0 Å². The molecule has 0 saturated carbocycles. The average molecular weight is 345 g/mol. The van der Waals surface area contributed by atoms with E-state index in [4.69, 9.17) is 14.6 Å². The van der Waals surface area contributed by atoms with Gasteiger partial charge in [-0.25, -0.2) is 0 Å². The molecule has 3 nitrogen and oxygen atoms in total. The van der Waals surface area contributed by atoms with Crippen LogP contribution in [0.3, 0.4) is 0 Å². The van der Waals surface area contributed by atoms with Crippen molar-refractivity contribution in [3.8, 4) is 0 Å². The van der Waals surface area contributed by atoms with Crippen molar-refractivity contribution < 1.29 is 14.6 Å². The summed E-state index contributed by atoms with van der Waals surface area (Å²) >= 11 is 0. The highest BCUT2D eigenvalue weighted by atomic mass is 16.5. The Morgan fingerprint density at radius 1 is 0.708 bits per heavy atom. The molecule has 0 rings (SSSR count). The average Bonchev–Trinajstić information content (AvgIpc) is 2.60. The van der Waals surface area contributed by atoms with E-state index >= 15 is 0 Å². The van der Waals surface area contributed by atoms with Crippen LogP contribution in [-0.2, 0) is 9.47 Å². The van der Waals surface area contributed by atoms with E-state index in [1.807, 2.05) is 0 Å². The van der Waals surface area contributed by atoms with Gasteiger partial charge < -0.3 is 14.6 Å². The second kappa shape index (κ2) is 20.9. The Kier molecular flexibility index (Phi) is 20.8. The highest BCUT2D eigenvalue weighted by molar-refractivity contribution is 4.55. The van der Waals surface area contributed by atoms with Gasteiger partial charge in [0.15, 0.2) is 0 Å². The number of hydrogen-bond donors (Lipinski definition) is 1. The summed E-state index contributed by atoms with van der Waals surface area (Å²) in [5, 5.41) is 8.87. The van der Waals surface area contributed by atoms with Crippen molar-refractivity contribution >= 4 is 0 Å². The molecule has 0 bridgehead atoms. The number of unbranched alkanes of at least 4 members (excludes halogenated alkanes) is 13. The van der Waals surface area contributed by atoms with Crippen LogP contribution in [-0.4, -0.2) is 38.1 Å².